The molecule has 8 rings (SSSR count). The van der Waals surface area contributed by atoms with Gasteiger partial charge in [0.05, 0.1) is 5.41 Å². The maximum absolute atomic E-state index is 2.51. The molecule has 0 bridgehead atoms. The van der Waals surface area contributed by atoms with Crippen molar-refractivity contribution in [3.05, 3.63) is 208 Å². The fourth-order valence-electron chi connectivity index (χ4n) is 8.93. The van der Waals surface area contributed by atoms with E-state index in [1.807, 2.05) is 0 Å². The summed E-state index contributed by atoms with van der Waals surface area (Å²) in [5, 5.41) is 0. The molecule has 0 saturated carbocycles. The van der Waals surface area contributed by atoms with Crippen LogP contribution in [-0.4, -0.2) is 0 Å². The van der Waals surface area contributed by atoms with Gasteiger partial charge in [-0.3, -0.25) is 0 Å². The van der Waals surface area contributed by atoms with E-state index >= 15 is 0 Å². The number of aryl methyl sites for hydroxylation is 2. The van der Waals surface area contributed by atoms with Crippen LogP contribution in [0, 0.1) is 13.8 Å². The summed E-state index contributed by atoms with van der Waals surface area (Å²) in [5.41, 5.74) is 19.4. The Hall–Kier alpha value is -5.46. The van der Waals surface area contributed by atoms with E-state index in [-0.39, 0.29) is 5.41 Å². The molecule has 0 fully saturated rings. The monoisotopic (exact) mass is 644 g/mol. The third-order valence-electron chi connectivity index (χ3n) is 11.2. The molecule has 0 nitrogen and oxygen atoms in total. The van der Waals surface area contributed by atoms with Crippen molar-refractivity contribution < 1.29 is 0 Å². The molecule has 2 aliphatic rings. The Balaban J connectivity index is 1.36. The van der Waals surface area contributed by atoms with Gasteiger partial charge in [-0.15, -0.1) is 0 Å². The Labute approximate surface area is 298 Å². The highest BCUT2D eigenvalue weighted by Gasteiger charge is 2.52. The molecule has 0 aliphatic heterocycles. The van der Waals surface area contributed by atoms with E-state index in [1.54, 1.807) is 0 Å². The van der Waals surface area contributed by atoms with Gasteiger partial charge in [-0.05, 0) is 110 Å². The Morgan fingerprint density at radius 2 is 1.14 bits per heavy atom. The predicted octanol–water partition coefficient (Wildman–Crippen LogP) is 13.2. The zero-order valence-corrected chi connectivity index (χ0v) is 29.8. The lowest BCUT2D eigenvalue weighted by Gasteiger charge is -2.31. The van der Waals surface area contributed by atoms with Crippen molar-refractivity contribution in [2.45, 2.75) is 51.9 Å². The number of allylic oxidation sites excluding steroid dienone is 5. The summed E-state index contributed by atoms with van der Waals surface area (Å²) in [5.74, 6) is 0. The van der Waals surface area contributed by atoms with Crippen LogP contribution in [0.2, 0.25) is 0 Å². The van der Waals surface area contributed by atoms with Crippen molar-refractivity contribution in [2.24, 2.45) is 0 Å². The van der Waals surface area contributed by atoms with Gasteiger partial charge >= 0.3 is 0 Å². The molecule has 50 heavy (non-hydrogen) atoms. The molecular formula is C50H44. The summed E-state index contributed by atoms with van der Waals surface area (Å²) in [4.78, 5) is 0. The van der Waals surface area contributed by atoms with Crippen LogP contribution in [0.5, 0.6) is 0 Å². The Morgan fingerprint density at radius 1 is 0.520 bits per heavy atom. The first-order valence-corrected chi connectivity index (χ1v) is 18.0. The van der Waals surface area contributed by atoms with Crippen LogP contribution >= 0.6 is 0 Å². The maximum Gasteiger partial charge on any atom is 0.0725 e. The molecule has 244 valence electrons. The molecule has 0 saturated heterocycles. The summed E-state index contributed by atoms with van der Waals surface area (Å²) < 4.78 is 0. The standard InChI is InChI=1S/C50H44/c1-6-7-8-9-10-11-20-36-21-18-27-45-48(36)41-31-30-38(37-29-28-35(3)46(32-37)49(4,5)42-24-15-12-19-34(42)2)33-47(41)50(45)43-25-16-13-22-39(43)40-23-14-17-26-44(40)50/h7-33H,6H2,1-5H3/b8-7+,10-9-,20-11-. The fourth-order valence-corrected chi connectivity index (χ4v) is 8.93. The van der Waals surface area contributed by atoms with E-state index in [1.165, 1.54) is 83.5 Å². The van der Waals surface area contributed by atoms with Crippen LogP contribution in [0.3, 0.4) is 0 Å². The lowest BCUT2D eigenvalue weighted by molar-refractivity contribution is 0.631. The van der Waals surface area contributed by atoms with E-state index in [0.717, 1.165) is 6.42 Å². The molecule has 0 N–H and O–H groups in total. The molecule has 6 aromatic rings. The first kappa shape index (κ1) is 31.8. The van der Waals surface area contributed by atoms with E-state index in [0.29, 0.717) is 0 Å². The van der Waals surface area contributed by atoms with Gasteiger partial charge in [-0.25, -0.2) is 0 Å². The summed E-state index contributed by atoms with van der Waals surface area (Å²) in [6.45, 7) is 11.4. The molecule has 0 atom stereocenters. The molecular weight excluding hydrogens is 601 g/mol. The predicted molar refractivity (Wildman–Crippen MR) is 214 cm³/mol. The first-order valence-electron chi connectivity index (χ1n) is 18.0. The molecule has 1 spiro atoms. The van der Waals surface area contributed by atoms with Crippen LogP contribution in [0.15, 0.2) is 158 Å². The third kappa shape index (κ3) is 4.81. The van der Waals surface area contributed by atoms with Crippen molar-refractivity contribution in [1.29, 1.82) is 0 Å². The van der Waals surface area contributed by atoms with Crippen molar-refractivity contribution in [3.8, 4) is 33.4 Å². The van der Waals surface area contributed by atoms with Gasteiger partial charge in [0.1, 0.15) is 0 Å². The highest BCUT2D eigenvalue weighted by Crippen LogP contribution is 2.63. The summed E-state index contributed by atoms with van der Waals surface area (Å²) in [6.07, 6.45) is 14.0. The fraction of sp³-hybridized carbons (Fsp3) is 0.160. The SMILES string of the molecule is CC/C=C/C=C\C=C/c1cccc2c1-c1ccc(-c3ccc(C)c(C(C)(C)c4ccccc4C)c3)cc1C21c2ccccc2-c2ccccc21. The normalized spacial score (nSPS) is 14.1. The lowest BCUT2D eigenvalue weighted by atomic mass is 9.70. The van der Waals surface area contributed by atoms with E-state index in [2.05, 4.69) is 198 Å². The lowest BCUT2D eigenvalue weighted by Crippen LogP contribution is -2.26. The highest BCUT2D eigenvalue weighted by molar-refractivity contribution is 5.98. The second kappa shape index (κ2) is 12.5. The minimum atomic E-state index is -0.397. The molecule has 0 heterocycles. The Kier molecular flexibility index (Phi) is 7.92. The Morgan fingerprint density at radius 3 is 1.88 bits per heavy atom. The van der Waals surface area contributed by atoms with Crippen LogP contribution in [0.4, 0.5) is 0 Å². The molecule has 0 radical (unpaired) electrons. The quantitative estimate of drug-likeness (QED) is 0.151. The highest BCUT2D eigenvalue weighted by atomic mass is 14.5. The number of benzene rings is 6. The van der Waals surface area contributed by atoms with Crippen molar-refractivity contribution in [3.63, 3.8) is 0 Å². The molecule has 2 aliphatic carbocycles. The smallest absolute Gasteiger partial charge is 0.0725 e. The van der Waals surface area contributed by atoms with Crippen LogP contribution in [0.1, 0.15) is 77.3 Å². The van der Waals surface area contributed by atoms with Crippen LogP contribution in [0.25, 0.3) is 39.5 Å². The maximum atomic E-state index is 2.51. The number of fused-ring (bicyclic) bond motifs is 10. The van der Waals surface area contributed by atoms with Gasteiger partial charge < -0.3 is 0 Å². The first-order chi connectivity index (χ1) is 24.4. The van der Waals surface area contributed by atoms with E-state index in [4.69, 9.17) is 0 Å². The Bertz CT molecular complexity index is 2310. The average Bonchev–Trinajstić information content (AvgIpc) is 3.61. The summed E-state index contributed by atoms with van der Waals surface area (Å²) >= 11 is 0. The van der Waals surface area contributed by atoms with Crippen molar-refractivity contribution in [1.82, 2.24) is 0 Å². The molecule has 0 unspecified atom stereocenters. The topological polar surface area (TPSA) is 0 Å². The largest absolute Gasteiger partial charge is 0.0848 e. The van der Waals surface area contributed by atoms with E-state index < -0.39 is 5.41 Å². The van der Waals surface area contributed by atoms with Crippen molar-refractivity contribution in [2.75, 3.05) is 0 Å². The van der Waals surface area contributed by atoms with Gasteiger partial charge in [-0.2, -0.15) is 0 Å². The minimum absolute atomic E-state index is 0.134. The minimum Gasteiger partial charge on any atom is -0.0848 e. The second-order valence-corrected chi connectivity index (χ2v) is 14.4. The van der Waals surface area contributed by atoms with Gasteiger partial charge in [-0.1, -0.05) is 179 Å². The van der Waals surface area contributed by atoms with Crippen LogP contribution < -0.4 is 0 Å². The number of hydrogen-bond acceptors (Lipinski definition) is 0. The number of rotatable bonds is 7. The third-order valence-corrected chi connectivity index (χ3v) is 11.2. The zero-order valence-electron chi connectivity index (χ0n) is 29.8. The molecule has 6 aromatic carbocycles. The summed E-state index contributed by atoms with van der Waals surface area (Å²) in [7, 11) is 0. The second-order valence-electron chi connectivity index (χ2n) is 14.4. The zero-order chi connectivity index (χ0) is 34.5. The molecule has 0 heteroatoms. The summed E-state index contributed by atoms with van der Waals surface area (Å²) in [6, 6.07) is 48.2. The van der Waals surface area contributed by atoms with Crippen molar-refractivity contribution >= 4 is 6.08 Å². The molecule has 0 aromatic heterocycles. The van der Waals surface area contributed by atoms with E-state index in [9.17, 15) is 0 Å². The van der Waals surface area contributed by atoms with Gasteiger partial charge in [0.25, 0.3) is 0 Å². The van der Waals surface area contributed by atoms with Gasteiger partial charge in [0.2, 0.25) is 0 Å². The average molecular weight is 645 g/mol. The number of hydrogen-bond donors (Lipinski definition) is 0. The van der Waals surface area contributed by atoms with Crippen LogP contribution in [-0.2, 0) is 10.8 Å². The van der Waals surface area contributed by atoms with Gasteiger partial charge in [0.15, 0.2) is 0 Å². The van der Waals surface area contributed by atoms with Gasteiger partial charge in [0, 0.05) is 5.41 Å². The molecule has 0 amide bonds.